The number of carbonyl (C=O) groups is 5. The Balaban J connectivity index is 1.04. The highest BCUT2D eigenvalue weighted by Crippen LogP contribution is 2.18. The molecule has 3 rings (SSSR count). The Hall–Kier alpha value is -4.70. The van der Waals surface area contributed by atoms with Gasteiger partial charge in [-0.1, -0.05) is 0 Å². The van der Waals surface area contributed by atoms with Gasteiger partial charge < -0.3 is 49.2 Å². The van der Waals surface area contributed by atoms with Crippen LogP contribution in [0.2, 0.25) is 0 Å². The number of amides is 5. The summed E-state index contributed by atoms with van der Waals surface area (Å²) < 4.78 is 55.3. The van der Waals surface area contributed by atoms with Crippen molar-refractivity contribution in [2.75, 3.05) is 89.9 Å². The number of nitrogens with two attached hydrogens (primary N) is 1. The molecule has 0 aromatic heterocycles. The first-order valence-electron chi connectivity index (χ1n) is 17.7. The zero-order valence-electron chi connectivity index (χ0n) is 30.5. The molecule has 20 heteroatoms. The quantitative estimate of drug-likeness (QED) is 0.0708. The van der Waals surface area contributed by atoms with E-state index < -0.39 is 33.8 Å². The van der Waals surface area contributed by atoms with Crippen LogP contribution < -0.4 is 25.8 Å². The molecule has 5 N–H and O–H groups in total. The Morgan fingerprint density at radius 2 is 1.11 bits per heavy atom. The van der Waals surface area contributed by atoms with Crippen molar-refractivity contribution in [1.82, 2.24) is 10.4 Å². The zero-order valence-corrected chi connectivity index (χ0v) is 31.3. The van der Waals surface area contributed by atoms with Gasteiger partial charge in [-0.25, -0.2) is 23.1 Å². The minimum absolute atomic E-state index is 0.0438. The van der Waals surface area contributed by atoms with E-state index in [9.17, 15) is 32.4 Å². The number of hydroxylamine groups is 2. The molecule has 55 heavy (non-hydrogen) atoms. The fourth-order valence-electron chi connectivity index (χ4n) is 4.50. The van der Waals surface area contributed by atoms with Crippen LogP contribution in [0.15, 0.2) is 53.4 Å². The Kier molecular flexibility index (Phi) is 20.6. The summed E-state index contributed by atoms with van der Waals surface area (Å²) in [5.41, 5.74) is 0.934. The lowest BCUT2D eigenvalue weighted by molar-refractivity contribution is -0.198. The average Bonchev–Trinajstić information content (AvgIpc) is 3.46. The standard InChI is InChI=1S/C35H49N5O14S/c36-55(46,47)30-9-5-28(6-10-30)39-35(45)38-27-3-7-29(8-4-27)53-16-2-1-15-37-31(41)13-17-48-19-21-50-23-25-52-26-24-51-22-20-49-18-14-34(44)54-40-32(42)11-12-33(40)43/h3-10H,1-2,11-26H2,(H,37,41)(H2,36,46,47)(H2,38,39,45). The molecule has 0 aliphatic carbocycles. The molecule has 0 unspecified atom stereocenters. The van der Waals surface area contributed by atoms with Gasteiger partial charge in [0.2, 0.25) is 15.9 Å². The van der Waals surface area contributed by atoms with Gasteiger partial charge in [0, 0.05) is 37.2 Å². The number of hydrogen-bond acceptors (Lipinski definition) is 14. The van der Waals surface area contributed by atoms with Crippen LogP contribution in [0.5, 0.6) is 5.75 Å². The van der Waals surface area contributed by atoms with Gasteiger partial charge in [-0.2, -0.15) is 0 Å². The number of nitrogens with zero attached hydrogens (tertiary/aromatic N) is 1. The van der Waals surface area contributed by atoms with Crippen LogP contribution in [0.25, 0.3) is 0 Å². The molecule has 0 saturated carbocycles. The van der Waals surface area contributed by atoms with E-state index in [4.69, 9.17) is 38.4 Å². The van der Waals surface area contributed by atoms with Gasteiger partial charge in [0.1, 0.15) is 5.75 Å². The predicted octanol–water partition coefficient (Wildman–Crippen LogP) is 1.72. The normalized spacial score (nSPS) is 12.8. The molecular weight excluding hydrogens is 746 g/mol. The predicted molar refractivity (Wildman–Crippen MR) is 195 cm³/mol. The average molecular weight is 796 g/mol. The van der Waals surface area contributed by atoms with Gasteiger partial charge in [0.25, 0.3) is 11.8 Å². The van der Waals surface area contributed by atoms with E-state index in [1.807, 2.05) is 0 Å². The van der Waals surface area contributed by atoms with Crippen molar-refractivity contribution in [3.63, 3.8) is 0 Å². The number of primary sulfonamides is 1. The number of sulfonamides is 1. The first-order valence-corrected chi connectivity index (χ1v) is 19.2. The lowest BCUT2D eigenvalue weighted by Gasteiger charge is -2.12. The van der Waals surface area contributed by atoms with Crippen LogP contribution in [0, 0.1) is 0 Å². The maximum Gasteiger partial charge on any atom is 0.335 e. The molecule has 0 spiro atoms. The van der Waals surface area contributed by atoms with Gasteiger partial charge in [0.05, 0.1) is 84.0 Å². The summed E-state index contributed by atoms with van der Waals surface area (Å²) >= 11 is 0. The number of carbonyl (C=O) groups excluding carboxylic acids is 5. The third kappa shape index (κ3) is 19.5. The molecule has 2 aromatic carbocycles. The summed E-state index contributed by atoms with van der Waals surface area (Å²) in [6.07, 6.45) is 1.69. The highest BCUT2D eigenvalue weighted by atomic mass is 32.2. The second kappa shape index (κ2) is 25.4. The first kappa shape index (κ1) is 44.7. The summed E-state index contributed by atoms with van der Waals surface area (Å²) in [5, 5.41) is 13.7. The third-order valence-electron chi connectivity index (χ3n) is 7.33. The number of rotatable bonds is 28. The first-order chi connectivity index (χ1) is 26.5. The van der Waals surface area contributed by atoms with Crippen molar-refractivity contribution < 1.29 is 65.6 Å². The van der Waals surface area contributed by atoms with Crippen molar-refractivity contribution in [2.45, 2.75) is 43.4 Å². The van der Waals surface area contributed by atoms with E-state index in [1.54, 1.807) is 24.3 Å². The summed E-state index contributed by atoms with van der Waals surface area (Å²) in [7, 11) is -3.81. The van der Waals surface area contributed by atoms with Crippen molar-refractivity contribution >= 4 is 51.1 Å². The Labute approximate surface area is 319 Å². The maximum atomic E-state index is 12.2. The molecule has 5 amide bonds. The van der Waals surface area contributed by atoms with Crippen LogP contribution in [-0.4, -0.2) is 122 Å². The van der Waals surface area contributed by atoms with E-state index in [-0.39, 0.29) is 56.3 Å². The van der Waals surface area contributed by atoms with Crippen molar-refractivity contribution in [2.24, 2.45) is 5.14 Å². The van der Waals surface area contributed by atoms with Gasteiger partial charge in [-0.15, -0.1) is 5.06 Å². The zero-order chi connectivity index (χ0) is 39.7. The highest BCUT2D eigenvalue weighted by Gasteiger charge is 2.32. The summed E-state index contributed by atoms with van der Waals surface area (Å²) in [6, 6.07) is 11.8. The number of ether oxygens (including phenoxy) is 6. The molecule has 1 saturated heterocycles. The number of hydrogen-bond donors (Lipinski definition) is 4. The van der Waals surface area contributed by atoms with Crippen LogP contribution in [0.4, 0.5) is 16.2 Å². The van der Waals surface area contributed by atoms with Crippen molar-refractivity contribution in [1.29, 1.82) is 0 Å². The van der Waals surface area contributed by atoms with Gasteiger partial charge in [-0.05, 0) is 61.4 Å². The number of benzene rings is 2. The summed E-state index contributed by atoms with van der Waals surface area (Å²) in [6.45, 7) is 4.10. The van der Waals surface area contributed by atoms with Gasteiger partial charge >= 0.3 is 12.0 Å². The monoisotopic (exact) mass is 795 g/mol. The molecule has 0 radical (unpaired) electrons. The lowest BCUT2D eigenvalue weighted by Crippen LogP contribution is -2.32. The van der Waals surface area contributed by atoms with Gasteiger partial charge in [0.15, 0.2) is 0 Å². The molecule has 2 aromatic rings. The topological polar surface area (TPSA) is 249 Å². The maximum absolute atomic E-state index is 12.2. The second-order valence-electron chi connectivity index (χ2n) is 11.7. The Bertz CT molecular complexity index is 1590. The summed E-state index contributed by atoms with van der Waals surface area (Å²) in [4.78, 5) is 63.4. The minimum atomic E-state index is -3.81. The minimum Gasteiger partial charge on any atom is -0.494 e. The fraction of sp³-hybridized carbons (Fsp3) is 0.514. The number of unbranched alkanes of at least 4 members (excludes halogenated alkanes) is 1. The molecule has 1 aliphatic rings. The number of anilines is 2. The molecule has 1 fully saturated rings. The smallest absolute Gasteiger partial charge is 0.335 e. The molecular formula is C35H49N5O14S. The Morgan fingerprint density at radius 3 is 1.62 bits per heavy atom. The van der Waals surface area contributed by atoms with E-state index in [0.717, 1.165) is 12.8 Å². The third-order valence-corrected chi connectivity index (χ3v) is 8.26. The van der Waals surface area contributed by atoms with Crippen LogP contribution in [0.3, 0.4) is 0 Å². The Morgan fingerprint density at radius 1 is 0.636 bits per heavy atom. The van der Waals surface area contributed by atoms with Crippen LogP contribution in [0.1, 0.15) is 38.5 Å². The number of nitrogens with one attached hydrogen (secondary N) is 3. The molecule has 0 atom stereocenters. The van der Waals surface area contributed by atoms with E-state index in [1.165, 1.54) is 24.3 Å². The van der Waals surface area contributed by atoms with Crippen LogP contribution >= 0.6 is 0 Å². The van der Waals surface area contributed by atoms with Crippen molar-refractivity contribution in [3.8, 4) is 5.75 Å². The van der Waals surface area contributed by atoms with Crippen LogP contribution in [-0.2, 0) is 57.7 Å². The molecule has 0 bridgehead atoms. The number of urea groups is 1. The van der Waals surface area contributed by atoms with E-state index in [2.05, 4.69) is 16.0 Å². The molecule has 1 aliphatic heterocycles. The van der Waals surface area contributed by atoms with Crippen molar-refractivity contribution in [3.05, 3.63) is 48.5 Å². The molecule has 304 valence electrons. The molecule has 1 heterocycles. The summed E-state index contributed by atoms with van der Waals surface area (Å²) in [5.74, 6) is -1.25. The number of imide groups is 1. The largest absolute Gasteiger partial charge is 0.494 e. The highest BCUT2D eigenvalue weighted by molar-refractivity contribution is 7.89. The SMILES string of the molecule is NS(=O)(=O)c1ccc(NC(=O)Nc2ccc(OCCCCNC(=O)CCOCCOCCOCCOCCOCCC(=O)ON3C(=O)CCC3=O)cc2)cc1. The lowest BCUT2D eigenvalue weighted by atomic mass is 10.3. The molecule has 19 nitrogen and oxygen atoms in total. The van der Waals surface area contributed by atoms with E-state index in [0.29, 0.717) is 81.6 Å². The fourth-order valence-corrected chi connectivity index (χ4v) is 5.01. The second-order valence-corrected chi connectivity index (χ2v) is 13.2. The van der Waals surface area contributed by atoms with Gasteiger partial charge in [-0.3, -0.25) is 14.4 Å². The van der Waals surface area contributed by atoms with E-state index >= 15 is 0 Å².